The van der Waals surface area contributed by atoms with Crippen LogP contribution in [0.1, 0.15) is 38.5 Å². The van der Waals surface area contributed by atoms with Gasteiger partial charge in [-0.3, -0.25) is 0 Å². The zero-order valence-corrected chi connectivity index (χ0v) is 7.72. The number of rotatable bonds is 3. The summed E-state index contributed by atoms with van der Waals surface area (Å²) < 4.78 is 5.82. The standard InChI is InChI=1S/C10H19NO/c1-2-6-10(5-1)12-8-9-4-3-7-11-9/h9-11H,1-8H2/t9-/m1/s1. The molecule has 0 bridgehead atoms. The summed E-state index contributed by atoms with van der Waals surface area (Å²) in [5.41, 5.74) is 0. The van der Waals surface area contributed by atoms with Crippen molar-refractivity contribution in [3.63, 3.8) is 0 Å². The van der Waals surface area contributed by atoms with Crippen molar-refractivity contribution in [2.24, 2.45) is 0 Å². The predicted octanol–water partition coefficient (Wildman–Crippen LogP) is 1.70. The summed E-state index contributed by atoms with van der Waals surface area (Å²) in [4.78, 5) is 0. The Hall–Kier alpha value is -0.0800. The van der Waals surface area contributed by atoms with Crippen LogP contribution in [-0.2, 0) is 4.74 Å². The lowest BCUT2D eigenvalue weighted by atomic mass is 10.2. The third-order valence-corrected chi connectivity index (χ3v) is 3.00. The van der Waals surface area contributed by atoms with Gasteiger partial charge in [0.25, 0.3) is 0 Å². The highest BCUT2D eigenvalue weighted by atomic mass is 16.5. The van der Waals surface area contributed by atoms with E-state index in [1.165, 1.54) is 45.1 Å². The first-order chi connectivity index (χ1) is 5.95. The van der Waals surface area contributed by atoms with Gasteiger partial charge in [0.1, 0.15) is 0 Å². The maximum absolute atomic E-state index is 5.82. The van der Waals surface area contributed by atoms with E-state index in [4.69, 9.17) is 4.74 Å². The monoisotopic (exact) mass is 169 g/mol. The van der Waals surface area contributed by atoms with E-state index in [-0.39, 0.29) is 0 Å². The molecule has 1 aliphatic heterocycles. The number of hydrogen-bond donors (Lipinski definition) is 1. The average Bonchev–Trinajstić information content (AvgIpc) is 2.74. The molecule has 2 heteroatoms. The van der Waals surface area contributed by atoms with Crippen molar-refractivity contribution in [3.8, 4) is 0 Å². The Morgan fingerprint density at radius 1 is 1.08 bits per heavy atom. The first-order valence-electron chi connectivity index (χ1n) is 5.30. The van der Waals surface area contributed by atoms with Crippen molar-refractivity contribution < 1.29 is 4.74 Å². The van der Waals surface area contributed by atoms with Gasteiger partial charge in [0.15, 0.2) is 0 Å². The van der Waals surface area contributed by atoms with Crippen LogP contribution in [-0.4, -0.2) is 25.3 Å². The third-order valence-electron chi connectivity index (χ3n) is 3.00. The molecule has 0 spiro atoms. The lowest BCUT2D eigenvalue weighted by Crippen LogP contribution is -2.28. The first-order valence-corrected chi connectivity index (χ1v) is 5.30. The molecule has 70 valence electrons. The Bertz CT molecular complexity index is 110. The molecule has 1 aliphatic carbocycles. The minimum absolute atomic E-state index is 0.590. The van der Waals surface area contributed by atoms with Crippen LogP contribution in [0.15, 0.2) is 0 Å². The summed E-state index contributed by atoms with van der Waals surface area (Å²) in [7, 11) is 0. The quantitative estimate of drug-likeness (QED) is 0.694. The molecule has 1 N–H and O–H groups in total. The highest BCUT2D eigenvalue weighted by Gasteiger charge is 2.19. The van der Waals surface area contributed by atoms with Crippen LogP contribution in [0.25, 0.3) is 0 Å². The van der Waals surface area contributed by atoms with Crippen molar-refractivity contribution in [1.82, 2.24) is 5.32 Å². The fraction of sp³-hybridized carbons (Fsp3) is 1.00. The summed E-state index contributed by atoms with van der Waals surface area (Å²) in [6.07, 6.45) is 8.59. The molecule has 1 atom stereocenters. The van der Waals surface area contributed by atoms with E-state index in [0.717, 1.165) is 6.61 Å². The number of hydrogen-bond acceptors (Lipinski definition) is 2. The van der Waals surface area contributed by atoms with E-state index in [1.54, 1.807) is 0 Å². The van der Waals surface area contributed by atoms with Gasteiger partial charge in [-0.25, -0.2) is 0 Å². The van der Waals surface area contributed by atoms with Gasteiger partial charge >= 0.3 is 0 Å². The summed E-state index contributed by atoms with van der Waals surface area (Å²) in [5.74, 6) is 0. The van der Waals surface area contributed by atoms with E-state index >= 15 is 0 Å². The normalized spacial score (nSPS) is 31.5. The van der Waals surface area contributed by atoms with Crippen molar-refractivity contribution in [2.75, 3.05) is 13.2 Å². The zero-order valence-electron chi connectivity index (χ0n) is 7.72. The molecular weight excluding hydrogens is 150 g/mol. The molecule has 1 heterocycles. The second kappa shape index (κ2) is 4.24. The Balaban J connectivity index is 1.60. The fourth-order valence-corrected chi connectivity index (χ4v) is 2.21. The Morgan fingerprint density at radius 3 is 2.58 bits per heavy atom. The van der Waals surface area contributed by atoms with E-state index in [1.807, 2.05) is 0 Å². The second-order valence-electron chi connectivity index (χ2n) is 4.03. The molecule has 1 saturated carbocycles. The van der Waals surface area contributed by atoms with E-state index in [9.17, 15) is 0 Å². The van der Waals surface area contributed by atoms with Crippen LogP contribution >= 0.6 is 0 Å². The molecular formula is C10H19NO. The van der Waals surface area contributed by atoms with Crippen molar-refractivity contribution in [3.05, 3.63) is 0 Å². The first kappa shape index (κ1) is 8.52. The molecule has 0 amide bonds. The molecule has 2 rings (SSSR count). The maximum Gasteiger partial charge on any atom is 0.0623 e. The summed E-state index contributed by atoms with van der Waals surface area (Å²) in [6, 6.07) is 0.658. The fourth-order valence-electron chi connectivity index (χ4n) is 2.21. The Morgan fingerprint density at radius 2 is 1.92 bits per heavy atom. The highest BCUT2D eigenvalue weighted by molar-refractivity contribution is 4.75. The van der Waals surface area contributed by atoms with Crippen molar-refractivity contribution in [1.29, 1.82) is 0 Å². The van der Waals surface area contributed by atoms with Gasteiger partial charge < -0.3 is 10.1 Å². The second-order valence-corrected chi connectivity index (χ2v) is 4.03. The van der Waals surface area contributed by atoms with Crippen LogP contribution in [0, 0.1) is 0 Å². The molecule has 2 fully saturated rings. The Labute approximate surface area is 74.7 Å². The van der Waals surface area contributed by atoms with Crippen molar-refractivity contribution >= 4 is 0 Å². The van der Waals surface area contributed by atoms with Crippen molar-refractivity contribution in [2.45, 2.75) is 50.7 Å². The number of ether oxygens (including phenoxy) is 1. The molecule has 0 aromatic carbocycles. The zero-order chi connectivity index (χ0) is 8.23. The summed E-state index contributed by atoms with van der Waals surface area (Å²) >= 11 is 0. The molecule has 0 unspecified atom stereocenters. The molecule has 2 aliphatic rings. The minimum Gasteiger partial charge on any atom is -0.377 e. The van der Waals surface area contributed by atoms with Gasteiger partial charge in [0, 0.05) is 6.04 Å². The lowest BCUT2D eigenvalue weighted by Gasteiger charge is -2.15. The van der Waals surface area contributed by atoms with Crippen LogP contribution in [0.3, 0.4) is 0 Å². The van der Waals surface area contributed by atoms with Gasteiger partial charge in [-0.05, 0) is 32.2 Å². The largest absolute Gasteiger partial charge is 0.377 e. The highest BCUT2D eigenvalue weighted by Crippen LogP contribution is 2.21. The lowest BCUT2D eigenvalue weighted by molar-refractivity contribution is 0.0460. The van der Waals surface area contributed by atoms with E-state index < -0.39 is 0 Å². The van der Waals surface area contributed by atoms with Gasteiger partial charge in [-0.1, -0.05) is 12.8 Å². The van der Waals surface area contributed by atoms with E-state index in [0.29, 0.717) is 12.1 Å². The Kier molecular flexibility index (Phi) is 3.01. The van der Waals surface area contributed by atoms with Gasteiger partial charge in [0.05, 0.1) is 12.7 Å². The van der Waals surface area contributed by atoms with E-state index in [2.05, 4.69) is 5.32 Å². The van der Waals surface area contributed by atoms with Crippen LogP contribution in [0.4, 0.5) is 0 Å². The van der Waals surface area contributed by atoms with Gasteiger partial charge in [-0.15, -0.1) is 0 Å². The maximum atomic E-state index is 5.82. The molecule has 0 aromatic rings. The van der Waals surface area contributed by atoms with Crippen LogP contribution in [0.2, 0.25) is 0 Å². The average molecular weight is 169 g/mol. The topological polar surface area (TPSA) is 21.3 Å². The smallest absolute Gasteiger partial charge is 0.0623 e. The SMILES string of the molecule is C1CCC(OC[C@H]2CCCN2)C1. The molecule has 2 nitrogen and oxygen atoms in total. The third kappa shape index (κ3) is 2.20. The summed E-state index contributed by atoms with van der Waals surface area (Å²) in [6.45, 7) is 2.14. The predicted molar refractivity (Wildman–Crippen MR) is 49.2 cm³/mol. The molecule has 0 aromatic heterocycles. The molecule has 1 saturated heterocycles. The molecule has 12 heavy (non-hydrogen) atoms. The van der Waals surface area contributed by atoms with Crippen LogP contribution in [0.5, 0.6) is 0 Å². The number of nitrogens with one attached hydrogen (secondary N) is 1. The van der Waals surface area contributed by atoms with Gasteiger partial charge in [0.2, 0.25) is 0 Å². The summed E-state index contributed by atoms with van der Waals surface area (Å²) in [5, 5.41) is 3.46. The molecule has 0 radical (unpaired) electrons. The van der Waals surface area contributed by atoms with Gasteiger partial charge in [-0.2, -0.15) is 0 Å². The minimum atomic E-state index is 0.590. The van der Waals surface area contributed by atoms with Crippen LogP contribution < -0.4 is 5.32 Å².